The number of halogens is 2. The Hall–Kier alpha value is -0.930. The predicted octanol–water partition coefficient (Wildman–Crippen LogP) is 3.51. The molecule has 2 aliphatic rings. The van der Waals surface area contributed by atoms with E-state index in [1.807, 2.05) is 0 Å². The van der Waals surface area contributed by atoms with Crippen LogP contribution in [0.1, 0.15) is 37.7 Å². The highest BCUT2D eigenvalue weighted by Crippen LogP contribution is 2.33. The summed E-state index contributed by atoms with van der Waals surface area (Å²) in [7, 11) is 0. The van der Waals surface area contributed by atoms with Gasteiger partial charge in [-0.3, -0.25) is 4.79 Å². The van der Waals surface area contributed by atoms with E-state index in [0.29, 0.717) is 30.8 Å². The second-order valence-electron chi connectivity index (χ2n) is 6.14. The lowest BCUT2D eigenvalue weighted by Gasteiger charge is -2.28. The number of carbonyl (C=O) groups is 1. The zero-order valence-corrected chi connectivity index (χ0v) is 12.1. The summed E-state index contributed by atoms with van der Waals surface area (Å²) in [6.45, 7) is 0. The van der Waals surface area contributed by atoms with Crippen molar-refractivity contribution in [1.82, 2.24) is 5.32 Å². The fourth-order valence-corrected chi connectivity index (χ4v) is 3.82. The number of rotatable bonds is 4. The van der Waals surface area contributed by atoms with Crippen molar-refractivity contribution in [3.8, 4) is 0 Å². The molecule has 2 bridgehead atoms. The van der Waals surface area contributed by atoms with Gasteiger partial charge in [0, 0.05) is 24.9 Å². The lowest BCUT2D eigenvalue weighted by molar-refractivity contribution is -0.119. The lowest BCUT2D eigenvalue weighted by atomic mass is 9.87. The normalized spacial score (nSPS) is 28.6. The molecule has 0 saturated carbocycles. The van der Waals surface area contributed by atoms with E-state index in [4.69, 9.17) is 11.6 Å². The monoisotopic (exact) mass is 295 g/mol. The third-order valence-corrected chi connectivity index (χ3v) is 4.76. The minimum absolute atomic E-state index is 0.0928. The average molecular weight is 296 g/mol. The minimum Gasteiger partial charge on any atom is -0.311 e. The quantitative estimate of drug-likeness (QED) is 0.921. The zero-order valence-electron chi connectivity index (χ0n) is 11.4. The van der Waals surface area contributed by atoms with E-state index < -0.39 is 5.82 Å². The van der Waals surface area contributed by atoms with E-state index in [-0.39, 0.29) is 10.8 Å². The van der Waals surface area contributed by atoms with Crippen molar-refractivity contribution in [1.29, 1.82) is 0 Å². The molecular formula is C16H19ClFNO. The van der Waals surface area contributed by atoms with E-state index in [1.165, 1.54) is 18.9 Å². The fourth-order valence-electron chi connectivity index (χ4n) is 3.61. The summed E-state index contributed by atoms with van der Waals surface area (Å²) in [4.78, 5) is 12.2. The van der Waals surface area contributed by atoms with Gasteiger partial charge in [0.05, 0.1) is 5.02 Å². The molecule has 2 heterocycles. The van der Waals surface area contributed by atoms with Crippen molar-refractivity contribution >= 4 is 17.4 Å². The predicted molar refractivity (Wildman–Crippen MR) is 77.4 cm³/mol. The minimum atomic E-state index is -0.433. The molecule has 3 rings (SSSR count). The maximum Gasteiger partial charge on any atom is 0.141 e. The zero-order chi connectivity index (χ0) is 14.1. The van der Waals surface area contributed by atoms with Crippen LogP contribution in [0.3, 0.4) is 0 Å². The second-order valence-corrected chi connectivity index (χ2v) is 6.55. The van der Waals surface area contributed by atoms with E-state index in [0.717, 1.165) is 18.4 Å². The molecule has 0 radical (unpaired) electrons. The van der Waals surface area contributed by atoms with Gasteiger partial charge in [0.2, 0.25) is 0 Å². The number of Topliss-reactive ketones (excluding diaryl/α,β-unsaturated/α-hetero) is 1. The van der Waals surface area contributed by atoms with Crippen molar-refractivity contribution in [3.63, 3.8) is 0 Å². The third-order valence-electron chi connectivity index (χ3n) is 4.47. The Morgan fingerprint density at radius 3 is 2.65 bits per heavy atom. The molecule has 2 aliphatic heterocycles. The maximum atomic E-state index is 13.1. The molecule has 108 valence electrons. The van der Waals surface area contributed by atoms with Gasteiger partial charge in [-0.25, -0.2) is 4.39 Å². The number of fused-ring (bicyclic) bond motifs is 2. The highest BCUT2D eigenvalue weighted by atomic mass is 35.5. The Labute approximate surface area is 123 Å². The summed E-state index contributed by atoms with van der Waals surface area (Å²) in [5, 5.41) is 3.68. The van der Waals surface area contributed by atoms with Crippen LogP contribution in [0.25, 0.3) is 0 Å². The summed E-state index contributed by atoms with van der Waals surface area (Å²) in [6, 6.07) is 5.76. The SMILES string of the molecule is O=C(Cc1ccc(F)c(Cl)c1)CC1CC2CCC(C1)N2. The third kappa shape index (κ3) is 3.21. The Morgan fingerprint density at radius 2 is 2.00 bits per heavy atom. The van der Waals surface area contributed by atoms with E-state index in [2.05, 4.69) is 5.32 Å². The molecule has 4 heteroatoms. The number of carbonyl (C=O) groups excluding carboxylic acids is 1. The van der Waals surface area contributed by atoms with Crippen molar-refractivity contribution in [2.45, 2.75) is 50.6 Å². The summed E-state index contributed by atoms with van der Waals surface area (Å²) < 4.78 is 13.1. The van der Waals surface area contributed by atoms with Gasteiger partial charge in [-0.2, -0.15) is 0 Å². The average Bonchev–Trinajstić information content (AvgIpc) is 2.73. The van der Waals surface area contributed by atoms with Crippen molar-refractivity contribution in [3.05, 3.63) is 34.6 Å². The summed E-state index contributed by atoms with van der Waals surface area (Å²) in [5.41, 5.74) is 0.804. The van der Waals surface area contributed by atoms with Crippen LogP contribution in [0.15, 0.2) is 18.2 Å². The Bertz CT molecular complexity index is 507. The molecule has 0 aliphatic carbocycles. The standard InChI is InChI=1S/C16H19ClFNO/c17-15-9-10(1-4-16(15)18)7-14(20)8-11-5-12-2-3-13(6-11)19-12/h1,4,9,11-13,19H,2-3,5-8H2. The van der Waals surface area contributed by atoms with Gasteiger partial charge in [0.1, 0.15) is 11.6 Å². The summed E-state index contributed by atoms with van der Waals surface area (Å²) in [5.74, 6) is 0.314. The van der Waals surface area contributed by atoms with Crippen molar-refractivity contribution in [2.24, 2.45) is 5.92 Å². The van der Waals surface area contributed by atoms with Crippen LogP contribution in [-0.4, -0.2) is 17.9 Å². The van der Waals surface area contributed by atoms with E-state index in [1.54, 1.807) is 12.1 Å². The van der Waals surface area contributed by atoms with Crippen LogP contribution < -0.4 is 5.32 Å². The molecule has 0 spiro atoms. The Morgan fingerprint density at radius 1 is 1.30 bits per heavy atom. The van der Waals surface area contributed by atoms with Gasteiger partial charge in [-0.15, -0.1) is 0 Å². The first-order chi connectivity index (χ1) is 9.60. The molecule has 0 aromatic heterocycles. The Balaban J connectivity index is 1.55. The molecule has 1 N–H and O–H groups in total. The van der Waals surface area contributed by atoms with E-state index >= 15 is 0 Å². The first-order valence-corrected chi connectivity index (χ1v) is 7.69. The van der Waals surface area contributed by atoms with Gasteiger partial charge in [0.15, 0.2) is 0 Å². The molecule has 2 saturated heterocycles. The number of nitrogens with one attached hydrogen (secondary N) is 1. The van der Waals surface area contributed by atoms with Crippen LogP contribution in [-0.2, 0) is 11.2 Å². The number of hydrogen-bond acceptors (Lipinski definition) is 2. The van der Waals surface area contributed by atoms with Gasteiger partial charge in [0.25, 0.3) is 0 Å². The van der Waals surface area contributed by atoms with Crippen molar-refractivity contribution < 1.29 is 9.18 Å². The largest absolute Gasteiger partial charge is 0.311 e. The van der Waals surface area contributed by atoms with Gasteiger partial charge < -0.3 is 5.32 Å². The van der Waals surface area contributed by atoms with Crippen molar-refractivity contribution in [2.75, 3.05) is 0 Å². The Kier molecular flexibility index (Phi) is 4.08. The van der Waals surface area contributed by atoms with Gasteiger partial charge in [-0.05, 0) is 49.3 Å². The summed E-state index contributed by atoms with van der Waals surface area (Å²) >= 11 is 5.74. The molecule has 2 fully saturated rings. The number of piperidine rings is 1. The topological polar surface area (TPSA) is 29.1 Å². The number of hydrogen-bond donors (Lipinski definition) is 1. The number of ketones is 1. The second kappa shape index (κ2) is 5.82. The van der Waals surface area contributed by atoms with Crippen LogP contribution in [0.5, 0.6) is 0 Å². The number of benzene rings is 1. The molecule has 1 aromatic rings. The molecule has 2 unspecified atom stereocenters. The first-order valence-electron chi connectivity index (χ1n) is 7.32. The fraction of sp³-hybridized carbons (Fsp3) is 0.562. The van der Waals surface area contributed by atoms with Crippen LogP contribution in [0.4, 0.5) is 4.39 Å². The highest BCUT2D eigenvalue weighted by molar-refractivity contribution is 6.30. The van der Waals surface area contributed by atoms with Crippen LogP contribution in [0, 0.1) is 11.7 Å². The molecule has 20 heavy (non-hydrogen) atoms. The molecule has 0 amide bonds. The lowest BCUT2D eigenvalue weighted by Crippen LogP contribution is -2.38. The molecule has 1 aromatic carbocycles. The highest BCUT2D eigenvalue weighted by Gasteiger charge is 2.33. The van der Waals surface area contributed by atoms with Gasteiger partial charge >= 0.3 is 0 Å². The summed E-state index contributed by atoms with van der Waals surface area (Å²) in [6.07, 6.45) is 5.74. The maximum absolute atomic E-state index is 13.1. The molecule has 2 atom stereocenters. The van der Waals surface area contributed by atoms with Crippen LogP contribution in [0.2, 0.25) is 5.02 Å². The smallest absolute Gasteiger partial charge is 0.141 e. The van der Waals surface area contributed by atoms with Gasteiger partial charge in [-0.1, -0.05) is 17.7 Å². The molecule has 2 nitrogen and oxygen atoms in total. The van der Waals surface area contributed by atoms with E-state index in [9.17, 15) is 9.18 Å². The first kappa shape index (κ1) is 14.0. The molecular weight excluding hydrogens is 277 g/mol. The van der Waals surface area contributed by atoms with Crippen LogP contribution >= 0.6 is 11.6 Å².